The molecular formula is C20H18N2O4. The van der Waals surface area contributed by atoms with E-state index in [0.29, 0.717) is 5.06 Å². The highest BCUT2D eigenvalue weighted by atomic mass is 16.7. The van der Waals surface area contributed by atoms with E-state index in [2.05, 4.69) is 4.90 Å². The third-order valence-corrected chi connectivity index (χ3v) is 4.72. The third-order valence-electron chi connectivity index (χ3n) is 4.72. The monoisotopic (exact) mass is 350 g/mol. The van der Waals surface area contributed by atoms with Crippen molar-refractivity contribution in [1.29, 1.82) is 0 Å². The van der Waals surface area contributed by atoms with Gasteiger partial charge in [0.1, 0.15) is 0 Å². The number of carbonyl (C=O) groups excluding carboxylic acids is 3. The van der Waals surface area contributed by atoms with Crippen molar-refractivity contribution in [3.8, 4) is 0 Å². The summed E-state index contributed by atoms with van der Waals surface area (Å²) in [7, 11) is 0. The summed E-state index contributed by atoms with van der Waals surface area (Å²) in [6, 6.07) is 14.1. The first-order valence-electron chi connectivity index (χ1n) is 8.66. The Morgan fingerprint density at radius 3 is 2.12 bits per heavy atom. The summed E-state index contributed by atoms with van der Waals surface area (Å²) in [6.07, 6.45) is 2.27. The molecule has 0 unspecified atom stereocenters. The molecule has 0 bridgehead atoms. The van der Waals surface area contributed by atoms with Gasteiger partial charge in [0, 0.05) is 18.8 Å². The maximum atomic E-state index is 12.4. The Bertz CT molecular complexity index is 852. The SMILES string of the molecule is O=C(Cc1ccccc1N1CCCC1)ON1C(=O)c2ccccc2C1=O. The topological polar surface area (TPSA) is 66.9 Å². The van der Waals surface area contributed by atoms with Crippen molar-refractivity contribution in [2.75, 3.05) is 18.0 Å². The molecule has 2 aromatic rings. The van der Waals surface area contributed by atoms with Crippen LogP contribution in [0.4, 0.5) is 5.69 Å². The molecule has 0 N–H and O–H groups in total. The third kappa shape index (κ3) is 2.83. The normalized spacial score (nSPS) is 16.2. The molecule has 0 spiro atoms. The second-order valence-corrected chi connectivity index (χ2v) is 6.41. The molecule has 4 rings (SSSR count). The Hall–Kier alpha value is -3.15. The van der Waals surface area contributed by atoms with Crippen LogP contribution in [0.3, 0.4) is 0 Å². The minimum absolute atomic E-state index is 0.0000779. The summed E-state index contributed by atoms with van der Waals surface area (Å²) in [4.78, 5) is 44.3. The van der Waals surface area contributed by atoms with Gasteiger partial charge in [0.15, 0.2) is 0 Å². The average molecular weight is 350 g/mol. The first-order valence-corrected chi connectivity index (χ1v) is 8.66. The number of nitrogens with zero attached hydrogens (tertiary/aromatic N) is 2. The molecule has 6 heteroatoms. The van der Waals surface area contributed by atoms with Crippen molar-refractivity contribution in [2.45, 2.75) is 19.3 Å². The molecule has 1 saturated heterocycles. The van der Waals surface area contributed by atoms with Gasteiger partial charge in [0.2, 0.25) is 0 Å². The van der Waals surface area contributed by atoms with Gasteiger partial charge in [-0.15, -0.1) is 0 Å². The van der Waals surface area contributed by atoms with Crippen molar-refractivity contribution in [3.05, 3.63) is 65.2 Å². The summed E-state index contributed by atoms with van der Waals surface area (Å²) < 4.78 is 0. The second-order valence-electron chi connectivity index (χ2n) is 6.41. The van der Waals surface area contributed by atoms with Crippen LogP contribution < -0.4 is 4.90 Å². The molecule has 0 aromatic heterocycles. The van der Waals surface area contributed by atoms with Crippen molar-refractivity contribution < 1.29 is 19.2 Å². The van der Waals surface area contributed by atoms with Crippen molar-refractivity contribution in [2.24, 2.45) is 0 Å². The number of hydrogen-bond donors (Lipinski definition) is 0. The van der Waals surface area contributed by atoms with Gasteiger partial charge in [-0.1, -0.05) is 35.4 Å². The Kier molecular flexibility index (Phi) is 4.16. The minimum atomic E-state index is -0.633. The van der Waals surface area contributed by atoms with Gasteiger partial charge in [-0.05, 0) is 36.6 Å². The van der Waals surface area contributed by atoms with Crippen LogP contribution in [-0.4, -0.2) is 35.9 Å². The van der Waals surface area contributed by atoms with Crippen LogP contribution in [0.5, 0.6) is 0 Å². The van der Waals surface area contributed by atoms with E-state index in [0.717, 1.165) is 37.2 Å². The molecule has 2 aromatic carbocycles. The lowest BCUT2D eigenvalue weighted by Crippen LogP contribution is -2.33. The smallest absolute Gasteiger partial charge is 0.337 e. The van der Waals surface area contributed by atoms with Crippen molar-refractivity contribution in [3.63, 3.8) is 0 Å². The molecule has 26 heavy (non-hydrogen) atoms. The summed E-state index contributed by atoms with van der Waals surface area (Å²) in [5.74, 6) is -1.84. The van der Waals surface area contributed by atoms with Crippen molar-refractivity contribution >= 4 is 23.5 Å². The van der Waals surface area contributed by atoms with Crippen LogP contribution in [0.15, 0.2) is 48.5 Å². The molecule has 2 amide bonds. The number of fused-ring (bicyclic) bond motifs is 1. The van der Waals surface area contributed by atoms with E-state index < -0.39 is 17.8 Å². The minimum Gasteiger partial charge on any atom is -0.371 e. The Labute approximate surface area is 150 Å². The van der Waals surface area contributed by atoms with E-state index >= 15 is 0 Å². The number of rotatable bonds is 4. The molecule has 132 valence electrons. The molecular weight excluding hydrogens is 332 g/mol. The summed E-state index contributed by atoms with van der Waals surface area (Å²) in [5.41, 5.74) is 2.34. The summed E-state index contributed by atoms with van der Waals surface area (Å²) >= 11 is 0. The van der Waals surface area contributed by atoms with E-state index in [1.54, 1.807) is 24.3 Å². The zero-order valence-corrected chi connectivity index (χ0v) is 14.2. The number of hydroxylamine groups is 2. The largest absolute Gasteiger partial charge is 0.371 e. The van der Waals surface area contributed by atoms with Gasteiger partial charge in [0.25, 0.3) is 11.8 Å². The van der Waals surface area contributed by atoms with Gasteiger partial charge in [0.05, 0.1) is 17.5 Å². The highest BCUT2D eigenvalue weighted by Crippen LogP contribution is 2.26. The van der Waals surface area contributed by atoms with E-state index in [4.69, 9.17) is 4.84 Å². The van der Waals surface area contributed by atoms with Crippen LogP contribution >= 0.6 is 0 Å². The van der Waals surface area contributed by atoms with Gasteiger partial charge in [-0.25, -0.2) is 4.79 Å². The fourth-order valence-electron chi connectivity index (χ4n) is 3.47. The van der Waals surface area contributed by atoms with E-state index in [9.17, 15) is 14.4 Å². The molecule has 2 aliphatic rings. The number of carbonyl (C=O) groups is 3. The Morgan fingerprint density at radius 2 is 1.46 bits per heavy atom. The number of benzene rings is 2. The van der Waals surface area contributed by atoms with E-state index in [-0.39, 0.29) is 17.5 Å². The van der Waals surface area contributed by atoms with Gasteiger partial charge in [-0.3, -0.25) is 9.59 Å². The molecule has 6 nitrogen and oxygen atoms in total. The Morgan fingerprint density at radius 1 is 0.885 bits per heavy atom. The highest BCUT2D eigenvalue weighted by Gasteiger charge is 2.38. The molecule has 0 saturated carbocycles. The number of anilines is 1. The van der Waals surface area contributed by atoms with Crippen LogP contribution in [0.25, 0.3) is 0 Å². The highest BCUT2D eigenvalue weighted by molar-refractivity contribution is 6.20. The number of para-hydroxylation sites is 1. The van der Waals surface area contributed by atoms with Crippen LogP contribution in [0.1, 0.15) is 39.1 Å². The molecule has 0 radical (unpaired) electrons. The van der Waals surface area contributed by atoms with Crippen molar-refractivity contribution in [1.82, 2.24) is 5.06 Å². The van der Waals surface area contributed by atoms with Gasteiger partial charge in [-0.2, -0.15) is 0 Å². The molecule has 0 aliphatic carbocycles. The quantitative estimate of drug-likeness (QED) is 0.793. The fraction of sp³-hybridized carbons (Fsp3) is 0.250. The lowest BCUT2D eigenvalue weighted by Gasteiger charge is -2.21. The predicted octanol–water partition coefficient (Wildman–Crippen LogP) is 2.58. The second kappa shape index (κ2) is 6.63. The summed E-state index contributed by atoms with van der Waals surface area (Å²) in [6.45, 7) is 1.93. The van der Waals surface area contributed by atoms with Crippen LogP contribution in [0.2, 0.25) is 0 Å². The number of hydrogen-bond acceptors (Lipinski definition) is 5. The summed E-state index contributed by atoms with van der Waals surface area (Å²) in [5, 5.41) is 0.561. The zero-order valence-electron chi connectivity index (χ0n) is 14.2. The first-order chi connectivity index (χ1) is 12.6. The van der Waals surface area contributed by atoms with Crippen LogP contribution in [-0.2, 0) is 16.1 Å². The van der Waals surface area contributed by atoms with E-state index in [1.807, 2.05) is 24.3 Å². The Balaban J connectivity index is 1.49. The van der Waals surface area contributed by atoms with E-state index in [1.165, 1.54) is 0 Å². The molecule has 1 fully saturated rings. The lowest BCUT2D eigenvalue weighted by atomic mass is 10.1. The maximum absolute atomic E-state index is 12.4. The molecule has 2 aliphatic heterocycles. The van der Waals surface area contributed by atoms with Crippen LogP contribution in [0, 0.1) is 0 Å². The molecule has 0 atom stereocenters. The number of amides is 2. The zero-order chi connectivity index (χ0) is 18.1. The average Bonchev–Trinajstić information content (AvgIpc) is 3.26. The lowest BCUT2D eigenvalue weighted by molar-refractivity contribution is -0.167. The molecule has 2 heterocycles. The predicted molar refractivity (Wildman–Crippen MR) is 94.6 cm³/mol. The number of imide groups is 1. The maximum Gasteiger partial charge on any atom is 0.337 e. The standard InChI is InChI=1S/C20H18N2O4/c23-18(13-14-7-1-4-10-17(14)21-11-5-6-12-21)26-22-19(24)15-8-2-3-9-16(15)20(22)25/h1-4,7-10H,5-6,11-13H2. The first kappa shape index (κ1) is 16.3. The van der Waals surface area contributed by atoms with Gasteiger partial charge < -0.3 is 9.74 Å². The fourth-order valence-corrected chi connectivity index (χ4v) is 3.47. The van der Waals surface area contributed by atoms with Gasteiger partial charge >= 0.3 is 5.97 Å².